The van der Waals surface area contributed by atoms with E-state index in [2.05, 4.69) is 47.3 Å². The average Bonchev–Trinajstić information content (AvgIpc) is 3.32. The number of carbonyl (C=O) groups is 1. The van der Waals surface area contributed by atoms with Crippen LogP contribution < -0.4 is 5.32 Å². The van der Waals surface area contributed by atoms with Gasteiger partial charge in [-0.1, -0.05) is 59.7 Å². The first-order valence-corrected chi connectivity index (χ1v) is 9.48. The van der Waals surface area contributed by atoms with Gasteiger partial charge in [-0.05, 0) is 44.7 Å². The Balaban J connectivity index is 1.51. The molecule has 1 aliphatic carbocycles. The number of carbonyl (C=O) groups excluding carboxylic acids is 1. The molecule has 4 rings (SSSR count). The molecule has 2 N–H and O–H groups in total. The van der Waals surface area contributed by atoms with Crippen molar-refractivity contribution in [2.24, 2.45) is 0 Å². The van der Waals surface area contributed by atoms with Crippen molar-refractivity contribution in [2.75, 3.05) is 0 Å². The molecule has 0 aliphatic heterocycles. The molecule has 4 nitrogen and oxygen atoms in total. The van der Waals surface area contributed by atoms with Gasteiger partial charge in [0, 0.05) is 0 Å². The fourth-order valence-corrected chi connectivity index (χ4v) is 3.75. The summed E-state index contributed by atoms with van der Waals surface area (Å²) in [6.45, 7) is 6.14. The normalized spacial score (nSPS) is 16.0. The molecular formula is C23H25N3O. The van der Waals surface area contributed by atoms with E-state index in [1.165, 1.54) is 11.1 Å². The van der Waals surface area contributed by atoms with Gasteiger partial charge >= 0.3 is 0 Å². The Morgan fingerprint density at radius 3 is 2.41 bits per heavy atom. The number of hydrogen-bond acceptors (Lipinski definition) is 2. The zero-order chi connectivity index (χ0) is 19.0. The van der Waals surface area contributed by atoms with E-state index in [0.717, 1.165) is 35.5 Å². The Morgan fingerprint density at radius 1 is 1.11 bits per heavy atom. The van der Waals surface area contributed by atoms with E-state index in [1.807, 2.05) is 43.5 Å². The second kappa shape index (κ2) is 6.69. The van der Waals surface area contributed by atoms with Crippen molar-refractivity contribution in [3.63, 3.8) is 0 Å². The van der Waals surface area contributed by atoms with Gasteiger partial charge in [0.1, 0.15) is 5.82 Å². The Hall–Kier alpha value is -2.88. The van der Waals surface area contributed by atoms with Crippen molar-refractivity contribution < 1.29 is 4.79 Å². The van der Waals surface area contributed by atoms with Crippen molar-refractivity contribution in [3.05, 3.63) is 77.2 Å². The quantitative estimate of drug-likeness (QED) is 0.699. The zero-order valence-electron chi connectivity index (χ0n) is 16.0. The predicted octanol–water partition coefficient (Wildman–Crippen LogP) is 4.60. The summed E-state index contributed by atoms with van der Waals surface area (Å²) in [7, 11) is 0. The zero-order valence-corrected chi connectivity index (χ0v) is 16.0. The lowest BCUT2D eigenvalue weighted by Crippen LogP contribution is -2.36. The predicted molar refractivity (Wildman–Crippen MR) is 107 cm³/mol. The molecule has 0 radical (unpaired) electrons. The van der Waals surface area contributed by atoms with Crippen molar-refractivity contribution in [1.29, 1.82) is 0 Å². The van der Waals surface area contributed by atoms with Gasteiger partial charge in [-0.2, -0.15) is 0 Å². The van der Waals surface area contributed by atoms with Crippen LogP contribution in [-0.4, -0.2) is 15.9 Å². The number of amides is 1. The molecule has 27 heavy (non-hydrogen) atoms. The summed E-state index contributed by atoms with van der Waals surface area (Å²) in [6, 6.07) is 16.3. The largest absolute Gasteiger partial charge is 0.346 e. The summed E-state index contributed by atoms with van der Waals surface area (Å²) < 4.78 is 0. The fourth-order valence-electron chi connectivity index (χ4n) is 3.75. The molecule has 1 aliphatic rings. The molecule has 1 heterocycles. The molecule has 1 saturated carbocycles. The third-order valence-electron chi connectivity index (χ3n) is 5.40. The summed E-state index contributed by atoms with van der Waals surface area (Å²) in [5, 5.41) is 3.17. The van der Waals surface area contributed by atoms with E-state index in [-0.39, 0.29) is 17.4 Å². The van der Waals surface area contributed by atoms with E-state index in [0.29, 0.717) is 0 Å². The molecular weight excluding hydrogens is 334 g/mol. The minimum Gasteiger partial charge on any atom is -0.346 e. The van der Waals surface area contributed by atoms with Crippen LogP contribution in [0.3, 0.4) is 0 Å². The Morgan fingerprint density at radius 2 is 1.78 bits per heavy atom. The van der Waals surface area contributed by atoms with Crippen LogP contribution in [0, 0.1) is 13.8 Å². The Kier molecular flexibility index (Phi) is 4.34. The fraction of sp³-hybridized carbons (Fsp3) is 0.304. The van der Waals surface area contributed by atoms with Crippen molar-refractivity contribution in [2.45, 2.75) is 45.1 Å². The smallest absolute Gasteiger partial charge is 0.231 e. The summed E-state index contributed by atoms with van der Waals surface area (Å²) in [5.41, 5.74) is 5.21. The number of rotatable bonds is 5. The SMILES string of the molecule is Cc1cc(C)cc(C2(C(=O)NC(C)c3ncc(-c4ccccc4)[nH]3)CC2)c1. The van der Waals surface area contributed by atoms with Gasteiger partial charge in [-0.25, -0.2) is 4.98 Å². The van der Waals surface area contributed by atoms with Crippen LogP contribution in [0.15, 0.2) is 54.7 Å². The van der Waals surface area contributed by atoms with E-state index in [1.54, 1.807) is 0 Å². The number of imidazole rings is 1. The second-order valence-electron chi connectivity index (χ2n) is 7.70. The van der Waals surface area contributed by atoms with Crippen LogP contribution in [0.25, 0.3) is 11.3 Å². The van der Waals surface area contributed by atoms with Crippen LogP contribution in [0.4, 0.5) is 0 Å². The van der Waals surface area contributed by atoms with Crippen LogP contribution in [0.5, 0.6) is 0 Å². The minimum absolute atomic E-state index is 0.0951. The first-order chi connectivity index (χ1) is 13.0. The highest BCUT2D eigenvalue weighted by Gasteiger charge is 2.51. The number of nitrogens with zero attached hydrogens (tertiary/aromatic N) is 1. The molecule has 2 aromatic carbocycles. The van der Waals surface area contributed by atoms with Crippen molar-refractivity contribution in [1.82, 2.24) is 15.3 Å². The molecule has 0 bridgehead atoms. The minimum atomic E-state index is -0.375. The number of benzene rings is 2. The lowest BCUT2D eigenvalue weighted by molar-refractivity contribution is -0.124. The lowest BCUT2D eigenvalue weighted by atomic mass is 9.91. The molecule has 138 valence electrons. The number of aromatic nitrogens is 2. The Labute approximate surface area is 160 Å². The molecule has 1 aromatic heterocycles. The third kappa shape index (κ3) is 3.39. The van der Waals surface area contributed by atoms with Crippen molar-refractivity contribution >= 4 is 5.91 Å². The molecule has 4 heteroatoms. The summed E-state index contributed by atoms with van der Waals surface area (Å²) >= 11 is 0. The van der Waals surface area contributed by atoms with Gasteiger partial charge in [-0.15, -0.1) is 0 Å². The van der Waals surface area contributed by atoms with Gasteiger partial charge in [-0.3, -0.25) is 4.79 Å². The van der Waals surface area contributed by atoms with Gasteiger partial charge in [0.15, 0.2) is 0 Å². The van der Waals surface area contributed by atoms with Crippen LogP contribution >= 0.6 is 0 Å². The first-order valence-electron chi connectivity index (χ1n) is 9.48. The second-order valence-corrected chi connectivity index (χ2v) is 7.70. The van der Waals surface area contributed by atoms with Crippen LogP contribution in [0.1, 0.15) is 48.3 Å². The van der Waals surface area contributed by atoms with Gasteiger partial charge in [0.05, 0.1) is 23.3 Å². The maximum Gasteiger partial charge on any atom is 0.231 e. The summed E-state index contributed by atoms with van der Waals surface area (Å²) in [6.07, 6.45) is 3.63. The number of aromatic amines is 1. The standard InChI is InChI=1S/C23H25N3O/c1-15-11-16(2)13-19(12-15)23(9-10-23)22(27)25-17(3)21-24-14-20(26-21)18-7-5-4-6-8-18/h4-8,11-14,17H,9-10H2,1-3H3,(H,24,26)(H,25,27). The summed E-state index contributed by atoms with van der Waals surface area (Å²) in [4.78, 5) is 20.9. The highest BCUT2D eigenvalue weighted by molar-refractivity contribution is 5.91. The molecule has 1 fully saturated rings. The topological polar surface area (TPSA) is 57.8 Å². The van der Waals surface area contributed by atoms with Crippen LogP contribution in [0.2, 0.25) is 0 Å². The Bertz CT molecular complexity index is 950. The number of aryl methyl sites for hydroxylation is 2. The molecule has 1 unspecified atom stereocenters. The number of nitrogens with one attached hydrogen (secondary N) is 2. The lowest BCUT2D eigenvalue weighted by Gasteiger charge is -2.20. The van der Waals surface area contributed by atoms with E-state index >= 15 is 0 Å². The molecule has 3 aromatic rings. The first kappa shape index (κ1) is 17.5. The van der Waals surface area contributed by atoms with E-state index < -0.39 is 0 Å². The molecule has 1 atom stereocenters. The molecule has 0 spiro atoms. The van der Waals surface area contributed by atoms with Gasteiger partial charge in [0.25, 0.3) is 0 Å². The highest BCUT2D eigenvalue weighted by atomic mass is 16.2. The third-order valence-corrected chi connectivity index (χ3v) is 5.40. The molecule has 0 saturated heterocycles. The number of hydrogen-bond donors (Lipinski definition) is 2. The summed E-state index contributed by atoms with van der Waals surface area (Å²) in [5.74, 6) is 0.871. The maximum absolute atomic E-state index is 13.1. The molecule has 1 amide bonds. The average molecular weight is 359 g/mol. The van der Waals surface area contributed by atoms with Crippen molar-refractivity contribution in [3.8, 4) is 11.3 Å². The van der Waals surface area contributed by atoms with Gasteiger partial charge in [0.2, 0.25) is 5.91 Å². The van der Waals surface area contributed by atoms with Gasteiger partial charge < -0.3 is 10.3 Å². The van der Waals surface area contributed by atoms with E-state index in [9.17, 15) is 4.79 Å². The van der Waals surface area contributed by atoms with E-state index in [4.69, 9.17) is 0 Å². The monoisotopic (exact) mass is 359 g/mol. The highest BCUT2D eigenvalue weighted by Crippen LogP contribution is 2.49. The number of H-pyrrole nitrogens is 1. The van der Waals surface area contributed by atoms with Crippen LogP contribution in [-0.2, 0) is 10.2 Å². The maximum atomic E-state index is 13.1.